The zero-order valence-electron chi connectivity index (χ0n) is 16.2. The number of fused-ring (bicyclic) bond motifs is 5. The van der Waals surface area contributed by atoms with E-state index in [4.69, 9.17) is 4.74 Å². The molecule has 0 saturated heterocycles. The molecule has 0 heterocycles. The summed E-state index contributed by atoms with van der Waals surface area (Å²) < 4.78 is 5.74. The molecule has 3 nitrogen and oxygen atoms in total. The molecule has 4 rings (SSSR count). The summed E-state index contributed by atoms with van der Waals surface area (Å²) in [7, 11) is 0. The molecule has 1 aromatic carbocycles. The van der Waals surface area contributed by atoms with Gasteiger partial charge in [-0.25, -0.2) is 0 Å². The quantitative estimate of drug-likeness (QED) is 0.835. The van der Waals surface area contributed by atoms with Gasteiger partial charge in [0.15, 0.2) is 5.78 Å². The van der Waals surface area contributed by atoms with Gasteiger partial charge >= 0.3 is 0 Å². The number of rotatable bonds is 5. The molecule has 142 valence electrons. The third kappa shape index (κ3) is 2.98. The van der Waals surface area contributed by atoms with E-state index < -0.39 is 0 Å². The van der Waals surface area contributed by atoms with Gasteiger partial charge in [0.25, 0.3) is 0 Å². The molecule has 2 fully saturated rings. The Hall–Kier alpha value is -1.35. The van der Waals surface area contributed by atoms with Crippen LogP contribution in [0.5, 0.6) is 5.75 Å². The maximum absolute atomic E-state index is 11.7. The number of benzene rings is 1. The van der Waals surface area contributed by atoms with E-state index in [2.05, 4.69) is 25.1 Å². The average Bonchev–Trinajstić information content (AvgIpc) is 2.95. The van der Waals surface area contributed by atoms with Crippen LogP contribution in [-0.2, 0) is 11.2 Å². The highest BCUT2D eigenvalue weighted by atomic mass is 16.5. The summed E-state index contributed by atoms with van der Waals surface area (Å²) in [5.41, 5.74) is 3.05. The summed E-state index contributed by atoms with van der Waals surface area (Å²) in [5, 5.41) is 10.5. The standard InChI is InChI=1S/C23H32O3/c1-3-4-16(24)14-26-17-6-8-18-15(13-17)5-7-20-19(18)11-12-23(2)21(20)9-10-22(23)25/h6,8,13,19-22,25H,3-5,7,9-12,14H2,1-2H3. The highest BCUT2D eigenvalue weighted by Gasteiger charge is 2.54. The summed E-state index contributed by atoms with van der Waals surface area (Å²) in [6.45, 7) is 4.54. The monoisotopic (exact) mass is 356 g/mol. The van der Waals surface area contributed by atoms with Crippen LogP contribution in [0.4, 0.5) is 0 Å². The lowest BCUT2D eigenvalue weighted by atomic mass is 9.55. The molecule has 2 saturated carbocycles. The Bertz CT molecular complexity index is 682. The fourth-order valence-corrected chi connectivity index (χ4v) is 6.14. The fourth-order valence-electron chi connectivity index (χ4n) is 6.14. The largest absolute Gasteiger partial charge is 0.486 e. The third-order valence-electron chi connectivity index (χ3n) is 7.58. The van der Waals surface area contributed by atoms with Crippen molar-refractivity contribution in [1.82, 2.24) is 0 Å². The average molecular weight is 357 g/mol. The van der Waals surface area contributed by atoms with Gasteiger partial charge in [0, 0.05) is 6.42 Å². The van der Waals surface area contributed by atoms with Crippen molar-refractivity contribution in [3.05, 3.63) is 29.3 Å². The number of ketones is 1. The lowest BCUT2D eigenvalue weighted by Gasteiger charge is -2.50. The van der Waals surface area contributed by atoms with Crippen LogP contribution in [0.25, 0.3) is 0 Å². The van der Waals surface area contributed by atoms with Gasteiger partial charge in [-0.3, -0.25) is 4.79 Å². The van der Waals surface area contributed by atoms with Gasteiger partial charge in [-0.05, 0) is 91.4 Å². The Morgan fingerprint density at radius 2 is 2.12 bits per heavy atom. The second-order valence-electron chi connectivity index (χ2n) is 8.99. The molecule has 5 atom stereocenters. The van der Waals surface area contributed by atoms with Crippen LogP contribution in [0.3, 0.4) is 0 Å². The number of ether oxygens (including phenoxy) is 1. The highest BCUT2D eigenvalue weighted by Crippen LogP contribution is 2.60. The Kier molecular flexibility index (Phi) is 4.85. The Morgan fingerprint density at radius 3 is 2.92 bits per heavy atom. The van der Waals surface area contributed by atoms with Gasteiger partial charge in [-0.1, -0.05) is 19.9 Å². The molecular formula is C23H32O3. The smallest absolute Gasteiger partial charge is 0.170 e. The predicted molar refractivity (Wildman–Crippen MR) is 102 cm³/mol. The molecule has 0 spiro atoms. The Labute approximate surface area is 157 Å². The van der Waals surface area contributed by atoms with Crippen molar-refractivity contribution in [1.29, 1.82) is 0 Å². The van der Waals surface area contributed by atoms with Crippen LogP contribution < -0.4 is 4.74 Å². The first kappa shape index (κ1) is 18.0. The van der Waals surface area contributed by atoms with Crippen LogP contribution in [0.1, 0.15) is 75.8 Å². The minimum absolute atomic E-state index is 0.105. The van der Waals surface area contributed by atoms with E-state index in [1.54, 1.807) is 0 Å². The fraction of sp³-hybridized carbons (Fsp3) is 0.696. The van der Waals surface area contributed by atoms with Gasteiger partial charge < -0.3 is 9.84 Å². The lowest BCUT2D eigenvalue weighted by molar-refractivity contribution is -0.121. The summed E-state index contributed by atoms with van der Waals surface area (Å²) in [5.74, 6) is 3.04. The number of aryl methyl sites for hydroxylation is 1. The van der Waals surface area contributed by atoms with E-state index in [1.807, 2.05) is 6.92 Å². The van der Waals surface area contributed by atoms with Crippen LogP contribution >= 0.6 is 0 Å². The number of carbonyl (C=O) groups is 1. The first-order chi connectivity index (χ1) is 12.5. The van der Waals surface area contributed by atoms with E-state index in [-0.39, 0.29) is 23.9 Å². The van der Waals surface area contributed by atoms with E-state index in [1.165, 1.54) is 30.4 Å². The summed E-state index contributed by atoms with van der Waals surface area (Å²) in [6.07, 6.45) is 8.20. The highest BCUT2D eigenvalue weighted by molar-refractivity contribution is 5.79. The molecule has 5 unspecified atom stereocenters. The van der Waals surface area contributed by atoms with Crippen LogP contribution in [0.2, 0.25) is 0 Å². The van der Waals surface area contributed by atoms with Crippen molar-refractivity contribution in [2.45, 2.75) is 77.2 Å². The van der Waals surface area contributed by atoms with E-state index in [0.717, 1.165) is 37.4 Å². The predicted octanol–water partition coefficient (Wildman–Crippen LogP) is 4.65. The molecular weight excluding hydrogens is 324 g/mol. The number of aliphatic hydroxyl groups excluding tert-OH is 1. The van der Waals surface area contributed by atoms with Gasteiger partial charge in [0.2, 0.25) is 0 Å². The number of carbonyl (C=O) groups excluding carboxylic acids is 1. The van der Waals surface area contributed by atoms with Crippen molar-refractivity contribution in [3.63, 3.8) is 0 Å². The van der Waals surface area contributed by atoms with Crippen LogP contribution in [0, 0.1) is 17.3 Å². The molecule has 0 aromatic heterocycles. The molecule has 26 heavy (non-hydrogen) atoms. The van der Waals surface area contributed by atoms with Crippen molar-refractivity contribution >= 4 is 5.78 Å². The summed E-state index contributed by atoms with van der Waals surface area (Å²) in [4.78, 5) is 11.7. The number of hydrogen-bond acceptors (Lipinski definition) is 3. The number of aliphatic hydroxyl groups is 1. The van der Waals surface area contributed by atoms with Crippen molar-refractivity contribution in [2.24, 2.45) is 17.3 Å². The van der Waals surface area contributed by atoms with Crippen LogP contribution in [-0.4, -0.2) is 23.6 Å². The number of hydrogen-bond donors (Lipinski definition) is 1. The molecule has 3 heteroatoms. The number of Topliss-reactive ketones (excluding diaryl/α,β-unsaturated/α-hetero) is 1. The second kappa shape index (κ2) is 6.99. The zero-order valence-corrected chi connectivity index (χ0v) is 16.2. The third-order valence-corrected chi connectivity index (χ3v) is 7.58. The molecule has 0 amide bonds. The molecule has 0 bridgehead atoms. The minimum atomic E-state index is -0.105. The molecule has 1 N–H and O–H groups in total. The first-order valence-electron chi connectivity index (χ1n) is 10.5. The molecule has 0 aliphatic heterocycles. The molecule has 3 aliphatic carbocycles. The molecule has 1 aromatic rings. The molecule has 3 aliphatic rings. The maximum Gasteiger partial charge on any atom is 0.170 e. The second-order valence-corrected chi connectivity index (χ2v) is 8.99. The maximum atomic E-state index is 11.7. The first-order valence-corrected chi connectivity index (χ1v) is 10.5. The minimum Gasteiger partial charge on any atom is -0.486 e. The SMILES string of the molecule is CCCC(=O)COc1ccc2c(c1)CCC1C2CCC2(C)C(O)CCC12. The zero-order chi connectivity index (χ0) is 18.3. The normalized spacial score (nSPS) is 35.3. The Morgan fingerprint density at radius 1 is 1.27 bits per heavy atom. The van der Waals surface area contributed by atoms with Crippen molar-refractivity contribution in [3.8, 4) is 5.75 Å². The van der Waals surface area contributed by atoms with E-state index in [9.17, 15) is 9.90 Å². The summed E-state index contributed by atoms with van der Waals surface area (Å²) >= 11 is 0. The molecule has 0 radical (unpaired) electrons. The topological polar surface area (TPSA) is 46.5 Å². The van der Waals surface area contributed by atoms with Crippen molar-refractivity contribution < 1.29 is 14.6 Å². The van der Waals surface area contributed by atoms with E-state index in [0.29, 0.717) is 18.3 Å². The van der Waals surface area contributed by atoms with Gasteiger partial charge in [0.1, 0.15) is 12.4 Å². The van der Waals surface area contributed by atoms with Gasteiger partial charge in [-0.15, -0.1) is 0 Å². The van der Waals surface area contributed by atoms with Crippen LogP contribution in [0.15, 0.2) is 18.2 Å². The summed E-state index contributed by atoms with van der Waals surface area (Å²) in [6, 6.07) is 6.47. The van der Waals surface area contributed by atoms with Crippen molar-refractivity contribution in [2.75, 3.05) is 6.61 Å². The van der Waals surface area contributed by atoms with E-state index >= 15 is 0 Å². The Balaban J connectivity index is 1.50. The lowest BCUT2D eigenvalue weighted by Crippen LogP contribution is -2.43. The van der Waals surface area contributed by atoms with Gasteiger partial charge in [0.05, 0.1) is 6.10 Å². The van der Waals surface area contributed by atoms with Gasteiger partial charge in [-0.2, -0.15) is 0 Å².